The molecular weight excluding hydrogens is 240 g/mol. The van der Waals surface area contributed by atoms with E-state index in [1.807, 2.05) is 0 Å². The minimum atomic E-state index is -0.342. The molecule has 0 amide bonds. The fourth-order valence-corrected chi connectivity index (χ4v) is 3.52. The van der Waals surface area contributed by atoms with Crippen LogP contribution in [0.4, 0.5) is 0 Å². The van der Waals surface area contributed by atoms with E-state index >= 15 is 0 Å². The summed E-state index contributed by atoms with van der Waals surface area (Å²) in [7, 11) is 1.64. The number of likely N-dealkylation sites (tertiary alicyclic amines) is 1. The molecule has 3 unspecified atom stereocenters. The third kappa shape index (κ3) is 5.03. The molecule has 3 atom stereocenters. The van der Waals surface area contributed by atoms with Gasteiger partial charge in [0.15, 0.2) is 0 Å². The summed E-state index contributed by atoms with van der Waals surface area (Å²) in [6.07, 6.45) is 6.18. The predicted molar refractivity (Wildman–Crippen MR) is 77.3 cm³/mol. The van der Waals surface area contributed by atoms with Gasteiger partial charge in [0.1, 0.15) is 0 Å². The van der Waals surface area contributed by atoms with Gasteiger partial charge in [0, 0.05) is 25.7 Å². The number of nitrogens with one attached hydrogen (secondary N) is 1. The number of methoxy groups -OCH3 is 1. The van der Waals surface area contributed by atoms with Crippen LogP contribution in [-0.4, -0.2) is 61.5 Å². The first-order valence-electron chi connectivity index (χ1n) is 7.82. The van der Waals surface area contributed by atoms with Crippen molar-refractivity contribution < 1.29 is 9.84 Å². The SMILES string of the molecule is COCC(O)CN1CCC(NC2CCC(C)C2)CC1. The van der Waals surface area contributed by atoms with E-state index in [1.54, 1.807) is 7.11 Å². The molecule has 2 rings (SSSR count). The topological polar surface area (TPSA) is 44.7 Å². The summed E-state index contributed by atoms with van der Waals surface area (Å²) in [6, 6.07) is 1.44. The molecule has 4 nitrogen and oxygen atoms in total. The van der Waals surface area contributed by atoms with Crippen LogP contribution in [0.25, 0.3) is 0 Å². The lowest BCUT2D eigenvalue weighted by Gasteiger charge is -2.34. The zero-order chi connectivity index (χ0) is 13.7. The second kappa shape index (κ2) is 7.58. The van der Waals surface area contributed by atoms with Crippen molar-refractivity contribution >= 4 is 0 Å². The monoisotopic (exact) mass is 270 g/mol. The van der Waals surface area contributed by atoms with E-state index in [2.05, 4.69) is 17.1 Å². The van der Waals surface area contributed by atoms with Gasteiger partial charge >= 0.3 is 0 Å². The smallest absolute Gasteiger partial charge is 0.0900 e. The van der Waals surface area contributed by atoms with E-state index in [0.717, 1.165) is 31.6 Å². The highest BCUT2D eigenvalue weighted by atomic mass is 16.5. The minimum Gasteiger partial charge on any atom is -0.389 e. The predicted octanol–water partition coefficient (Wildman–Crippen LogP) is 1.24. The second-order valence-electron chi connectivity index (χ2n) is 6.47. The molecule has 1 aliphatic carbocycles. The average Bonchev–Trinajstić information content (AvgIpc) is 2.78. The summed E-state index contributed by atoms with van der Waals surface area (Å²) in [6.45, 7) is 5.75. The van der Waals surface area contributed by atoms with Gasteiger partial charge in [-0.3, -0.25) is 0 Å². The van der Waals surface area contributed by atoms with Crippen molar-refractivity contribution in [1.82, 2.24) is 10.2 Å². The fourth-order valence-electron chi connectivity index (χ4n) is 3.52. The maximum absolute atomic E-state index is 9.74. The van der Waals surface area contributed by atoms with Gasteiger partial charge in [-0.1, -0.05) is 6.92 Å². The van der Waals surface area contributed by atoms with Crippen LogP contribution in [0.3, 0.4) is 0 Å². The van der Waals surface area contributed by atoms with Crippen molar-refractivity contribution in [2.75, 3.05) is 33.4 Å². The molecule has 0 bridgehead atoms. The second-order valence-corrected chi connectivity index (χ2v) is 6.47. The Morgan fingerprint density at radius 2 is 1.95 bits per heavy atom. The number of ether oxygens (including phenoxy) is 1. The van der Waals surface area contributed by atoms with Crippen LogP contribution in [0, 0.1) is 5.92 Å². The van der Waals surface area contributed by atoms with Crippen molar-refractivity contribution in [1.29, 1.82) is 0 Å². The zero-order valence-corrected chi connectivity index (χ0v) is 12.5. The summed E-state index contributed by atoms with van der Waals surface area (Å²) in [5.74, 6) is 0.904. The molecule has 1 saturated heterocycles. The first-order chi connectivity index (χ1) is 9.17. The normalized spacial score (nSPS) is 31.7. The molecule has 2 N–H and O–H groups in total. The summed E-state index contributed by atoms with van der Waals surface area (Å²) in [5.41, 5.74) is 0. The standard InChI is InChI=1S/C15H30N2O2/c1-12-3-4-14(9-12)16-13-5-7-17(8-6-13)10-15(18)11-19-2/h12-16,18H,3-11H2,1-2H3. The molecule has 0 aromatic heterocycles. The van der Waals surface area contributed by atoms with Crippen molar-refractivity contribution in [3.05, 3.63) is 0 Å². The highest BCUT2D eigenvalue weighted by Gasteiger charge is 2.26. The molecule has 0 aromatic rings. The molecule has 1 heterocycles. The first-order valence-corrected chi connectivity index (χ1v) is 7.82. The van der Waals surface area contributed by atoms with E-state index in [0.29, 0.717) is 12.6 Å². The Labute approximate surface area is 117 Å². The Morgan fingerprint density at radius 1 is 1.21 bits per heavy atom. The quantitative estimate of drug-likeness (QED) is 0.762. The summed E-state index contributed by atoms with van der Waals surface area (Å²) in [4.78, 5) is 2.36. The first kappa shape index (κ1) is 15.2. The zero-order valence-electron chi connectivity index (χ0n) is 12.5. The lowest BCUT2D eigenvalue weighted by atomic mass is 10.0. The summed E-state index contributed by atoms with van der Waals surface area (Å²) < 4.78 is 4.98. The molecule has 2 aliphatic rings. The molecule has 1 saturated carbocycles. The number of hydrogen-bond acceptors (Lipinski definition) is 4. The van der Waals surface area contributed by atoms with Crippen LogP contribution < -0.4 is 5.32 Å². The van der Waals surface area contributed by atoms with E-state index in [4.69, 9.17) is 4.74 Å². The van der Waals surface area contributed by atoms with Crippen LogP contribution in [-0.2, 0) is 4.74 Å². The maximum Gasteiger partial charge on any atom is 0.0900 e. The highest BCUT2D eigenvalue weighted by Crippen LogP contribution is 2.26. The van der Waals surface area contributed by atoms with Gasteiger partial charge in [0.2, 0.25) is 0 Å². The molecule has 1 aliphatic heterocycles. The number of hydrogen-bond donors (Lipinski definition) is 2. The van der Waals surface area contributed by atoms with Crippen molar-refractivity contribution in [3.8, 4) is 0 Å². The number of aliphatic hydroxyl groups excluding tert-OH is 1. The molecular formula is C15H30N2O2. The van der Waals surface area contributed by atoms with E-state index in [-0.39, 0.29) is 6.10 Å². The summed E-state index contributed by atoms with van der Waals surface area (Å²) in [5, 5.41) is 13.6. The van der Waals surface area contributed by atoms with Crippen LogP contribution in [0.2, 0.25) is 0 Å². The summed E-state index contributed by atoms with van der Waals surface area (Å²) >= 11 is 0. The minimum absolute atomic E-state index is 0.342. The molecule has 4 heteroatoms. The number of nitrogens with zero attached hydrogens (tertiary/aromatic N) is 1. The number of aliphatic hydroxyl groups is 1. The third-order valence-corrected chi connectivity index (χ3v) is 4.58. The highest BCUT2D eigenvalue weighted by molar-refractivity contribution is 4.85. The molecule has 0 aromatic carbocycles. The molecule has 19 heavy (non-hydrogen) atoms. The molecule has 0 radical (unpaired) electrons. The molecule has 112 valence electrons. The van der Waals surface area contributed by atoms with Crippen LogP contribution in [0.15, 0.2) is 0 Å². The lowest BCUT2D eigenvalue weighted by Crippen LogP contribution is -2.47. The van der Waals surface area contributed by atoms with Gasteiger partial charge in [-0.15, -0.1) is 0 Å². The van der Waals surface area contributed by atoms with Gasteiger partial charge in [0.25, 0.3) is 0 Å². The van der Waals surface area contributed by atoms with Crippen LogP contribution in [0.5, 0.6) is 0 Å². The van der Waals surface area contributed by atoms with Crippen molar-refractivity contribution in [2.45, 2.75) is 57.2 Å². The van der Waals surface area contributed by atoms with E-state index in [1.165, 1.54) is 32.1 Å². The van der Waals surface area contributed by atoms with E-state index in [9.17, 15) is 5.11 Å². The van der Waals surface area contributed by atoms with Crippen LogP contribution in [0.1, 0.15) is 39.0 Å². The Hall–Kier alpha value is -0.160. The Kier molecular flexibility index (Phi) is 6.07. The number of β-amino-alcohol motifs (C(OH)–C–C–N with tert-alkyl or cyclic N) is 1. The lowest BCUT2D eigenvalue weighted by molar-refractivity contribution is 0.0307. The molecule has 0 spiro atoms. The Morgan fingerprint density at radius 3 is 2.53 bits per heavy atom. The number of rotatable bonds is 6. The van der Waals surface area contributed by atoms with Crippen molar-refractivity contribution in [3.63, 3.8) is 0 Å². The van der Waals surface area contributed by atoms with Gasteiger partial charge in [0.05, 0.1) is 12.7 Å². The third-order valence-electron chi connectivity index (χ3n) is 4.58. The van der Waals surface area contributed by atoms with Gasteiger partial charge in [-0.25, -0.2) is 0 Å². The molecule has 2 fully saturated rings. The van der Waals surface area contributed by atoms with Gasteiger partial charge in [-0.05, 0) is 51.1 Å². The van der Waals surface area contributed by atoms with Gasteiger partial charge < -0.3 is 20.1 Å². The number of piperidine rings is 1. The maximum atomic E-state index is 9.74. The van der Waals surface area contributed by atoms with Crippen LogP contribution >= 0.6 is 0 Å². The van der Waals surface area contributed by atoms with E-state index < -0.39 is 0 Å². The Balaban J connectivity index is 1.62. The van der Waals surface area contributed by atoms with Crippen molar-refractivity contribution in [2.24, 2.45) is 5.92 Å². The fraction of sp³-hybridized carbons (Fsp3) is 1.00. The largest absolute Gasteiger partial charge is 0.389 e. The van der Waals surface area contributed by atoms with Gasteiger partial charge in [-0.2, -0.15) is 0 Å². The Bertz CT molecular complexity index is 255. The average molecular weight is 270 g/mol.